The number of amides is 2. The lowest BCUT2D eigenvalue weighted by Crippen LogP contribution is -2.62. The van der Waals surface area contributed by atoms with Crippen LogP contribution in [0.15, 0.2) is 42.5 Å². The molecule has 2 aliphatic carbocycles. The Morgan fingerprint density at radius 1 is 1.05 bits per heavy atom. The van der Waals surface area contributed by atoms with E-state index in [1.807, 2.05) is 32.1 Å². The van der Waals surface area contributed by atoms with Crippen molar-refractivity contribution < 1.29 is 19.1 Å². The normalized spacial score (nSPS) is 30.1. The molecule has 2 heterocycles. The molecule has 7 heteroatoms. The fraction of sp³-hybridized carbons (Fsp3) is 0.600. The molecule has 3 fully saturated rings. The number of carbonyl (C=O) groups is 2. The van der Waals surface area contributed by atoms with Gasteiger partial charge in [-0.25, -0.2) is 4.39 Å². The molecule has 2 aliphatic heterocycles. The molecule has 1 aromatic carbocycles. The van der Waals surface area contributed by atoms with Gasteiger partial charge < -0.3 is 15.3 Å². The quantitative estimate of drug-likeness (QED) is 0.628. The van der Waals surface area contributed by atoms with E-state index in [9.17, 15) is 19.1 Å². The molecule has 200 valence electrons. The lowest BCUT2D eigenvalue weighted by atomic mass is 9.74. The summed E-state index contributed by atoms with van der Waals surface area (Å²) in [7, 11) is 0. The Morgan fingerprint density at radius 3 is 2.35 bits per heavy atom. The van der Waals surface area contributed by atoms with Crippen molar-refractivity contribution in [3.05, 3.63) is 53.9 Å². The molecule has 6 nitrogen and oxygen atoms in total. The van der Waals surface area contributed by atoms with E-state index in [1.54, 1.807) is 12.1 Å². The minimum absolute atomic E-state index is 0.00747. The van der Waals surface area contributed by atoms with Crippen LogP contribution < -0.4 is 5.32 Å². The summed E-state index contributed by atoms with van der Waals surface area (Å²) in [5, 5.41) is 13.0. The van der Waals surface area contributed by atoms with Gasteiger partial charge in [0.2, 0.25) is 11.8 Å². The van der Waals surface area contributed by atoms with Crippen LogP contribution in [0.25, 0.3) is 5.57 Å². The summed E-state index contributed by atoms with van der Waals surface area (Å²) < 4.78 is 13.6. The predicted octanol–water partition coefficient (Wildman–Crippen LogP) is 4.05. The van der Waals surface area contributed by atoms with Crippen LogP contribution in [0.4, 0.5) is 4.39 Å². The van der Waals surface area contributed by atoms with Crippen molar-refractivity contribution in [2.75, 3.05) is 19.6 Å². The van der Waals surface area contributed by atoms with Crippen LogP contribution in [0.2, 0.25) is 0 Å². The number of likely N-dealkylation sites (tertiary alicyclic amines) is 2. The van der Waals surface area contributed by atoms with Gasteiger partial charge in [-0.3, -0.25) is 14.5 Å². The van der Waals surface area contributed by atoms with Gasteiger partial charge in [0.05, 0.1) is 11.5 Å². The number of hydrogen-bond acceptors (Lipinski definition) is 4. The van der Waals surface area contributed by atoms with Crippen LogP contribution in [0.1, 0.15) is 70.8 Å². The number of rotatable bonds is 5. The van der Waals surface area contributed by atoms with Gasteiger partial charge >= 0.3 is 0 Å². The molecule has 1 spiro atoms. The highest BCUT2D eigenvalue weighted by Crippen LogP contribution is 2.46. The van der Waals surface area contributed by atoms with E-state index in [-0.39, 0.29) is 41.2 Å². The maximum atomic E-state index is 13.7. The van der Waals surface area contributed by atoms with Gasteiger partial charge in [0.1, 0.15) is 11.4 Å². The first-order valence-electron chi connectivity index (χ1n) is 13.9. The molecular weight excluding hydrogens is 469 g/mol. The van der Waals surface area contributed by atoms with Crippen LogP contribution in [0.5, 0.6) is 0 Å². The molecule has 0 radical (unpaired) electrons. The standard InChI is InChI=1S/C30H40FN3O3/c1-21(2)32-27(36)30(13-3-4-23(20-30)22-5-7-24(31)8-6-22)33-17-14-29(15-18-33)16-19-34(28(29)37)25-9-11-26(35)12-10-25/h3-8,13,21,25-26,35H,9-12,14-20H2,1-2H3,(H,32,36). The second-order valence-electron chi connectivity index (χ2n) is 11.8. The highest BCUT2D eigenvalue weighted by atomic mass is 19.1. The highest BCUT2D eigenvalue weighted by Gasteiger charge is 2.53. The maximum Gasteiger partial charge on any atom is 0.245 e. The third kappa shape index (κ3) is 5.00. The number of aliphatic hydroxyl groups excluding tert-OH is 1. The smallest absolute Gasteiger partial charge is 0.245 e. The third-order valence-corrected chi connectivity index (χ3v) is 9.09. The third-order valence-electron chi connectivity index (χ3n) is 9.09. The van der Waals surface area contributed by atoms with Crippen molar-refractivity contribution >= 4 is 17.4 Å². The van der Waals surface area contributed by atoms with Gasteiger partial charge in [-0.15, -0.1) is 0 Å². The van der Waals surface area contributed by atoms with E-state index in [2.05, 4.69) is 15.1 Å². The predicted molar refractivity (Wildman–Crippen MR) is 142 cm³/mol. The summed E-state index contributed by atoms with van der Waals surface area (Å²) in [5.74, 6) is -0.0246. The Labute approximate surface area is 219 Å². The van der Waals surface area contributed by atoms with Crippen molar-refractivity contribution in [3.63, 3.8) is 0 Å². The number of benzene rings is 1. The van der Waals surface area contributed by atoms with Gasteiger partial charge in [-0.2, -0.15) is 0 Å². The fourth-order valence-corrected chi connectivity index (χ4v) is 6.86. The molecule has 1 atom stereocenters. The second-order valence-corrected chi connectivity index (χ2v) is 11.8. The first-order valence-corrected chi connectivity index (χ1v) is 13.9. The Bertz CT molecular complexity index is 1070. The molecule has 2 saturated heterocycles. The summed E-state index contributed by atoms with van der Waals surface area (Å²) in [6.45, 7) is 6.09. The molecule has 1 aromatic rings. The number of nitrogens with zero attached hydrogens (tertiary/aromatic N) is 2. The number of allylic oxidation sites excluding steroid dienone is 2. The van der Waals surface area contributed by atoms with Crippen LogP contribution in [-0.4, -0.2) is 70.1 Å². The minimum atomic E-state index is -0.842. The molecule has 1 unspecified atom stereocenters. The largest absolute Gasteiger partial charge is 0.393 e. The number of piperidine rings is 1. The van der Waals surface area contributed by atoms with Gasteiger partial charge in [0.25, 0.3) is 0 Å². The zero-order chi connectivity index (χ0) is 26.2. The zero-order valence-electron chi connectivity index (χ0n) is 22.1. The van der Waals surface area contributed by atoms with E-state index in [0.717, 1.165) is 62.6 Å². The lowest BCUT2D eigenvalue weighted by molar-refractivity contribution is -0.143. The number of carbonyl (C=O) groups excluding carboxylic acids is 2. The van der Waals surface area contributed by atoms with Crippen LogP contribution in [0, 0.1) is 11.2 Å². The van der Waals surface area contributed by atoms with Crippen LogP contribution >= 0.6 is 0 Å². The summed E-state index contributed by atoms with van der Waals surface area (Å²) in [4.78, 5) is 31.8. The SMILES string of the molecule is CC(C)NC(=O)C1(N2CCC3(CCN(C4CCC(O)CC4)C3=O)CC2)C=CC=C(c2ccc(F)cc2)C1. The van der Waals surface area contributed by atoms with Crippen molar-refractivity contribution in [1.29, 1.82) is 0 Å². The minimum Gasteiger partial charge on any atom is -0.393 e. The van der Waals surface area contributed by atoms with Crippen molar-refractivity contribution in [3.8, 4) is 0 Å². The number of aliphatic hydroxyl groups is 1. The summed E-state index contributed by atoms with van der Waals surface area (Å²) in [6.07, 6.45) is 11.9. The summed E-state index contributed by atoms with van der Waals surface area (Å²) in [6, 6.07) is 6.72. The first kappa shape index (κ1) is 26.1. The van der Waals surface area contributed by atoms with Crippen LogP contribution in [-0.2, 0) is 9.59 Å². The Kier molecular flexibility index (Phi) is 7.29. The maximum absolute atomic E-state index is 13.7. The first-order chi connectivity index (χ1) is 17.7. The van der Waals surface area contributed by atoms with Crippen molar-refractivity contribution in [2.45, 2.75) is 88.9 Å². The number of hydrogen-bond donors (Lipinski definition) is 2. The molecule has 37 heavy (non-hydrogen) atoms. The Hall–Kier alpha value is -2.51. The average molecular weight is 510 g/mol. The van der Waals surface area contributed by atoms with E-state index in [0.29, 0.717) is 19.5 Å². The molecule has 4 aliphatic rings. The zero-order valence-corrected chi connectivity index (χ0v) is 22.1. The van der Waals surface area contributed by atoms with Gasteiger partial charge in [0.15, 0.2) is 0 Å². The van der Waals surface area contributed by atoms with Crippen molar-refractivity contribution in [2.24, 2.45) is 5.41 Å². The van der Waals surface area contributed by atoms with Crippen molar-refractivity contribution in [1.82, 2.24) is 15.1 Å². The molecule has 5 rings (SSSR count). The number of halogens is 1. The average Bonchev–Trinajstić information content (AvgIpc) is 3.20. The van der Waals surface area contributed by atoms with Gasteiger partial charge in [-0.05, 0) is 82.1 Å². The second kappa shape index (κ2) is 10.3. The van der Waals surface area contributed by atoms with Gasteiger partial charge in [0, 0.05) is 38.1 Å². The summed E-state index contributed by atoms with van der Waals surface area (Å²) in [5.41, 5.74) is 0.742. The molecule has 0 aromatic heterocycles. The monoisotopic (exact) mass is 509 g/mol. The molecule has 1 saturated carbocycles. The molecule has 2 N–H and O–H groups in total. The van der Waals surface area contributed by atoms with E-state index in [1.165, 1.54) is 12.1 Å². The van der Waals surface area contributed by atoms with E-state index in [4.69, 9.17) is 0 Å². The lowest BCUT2D eigenvalue weighted by Gasteiger charge is -2.48. The Balaban J connectivity index is 1.33. The Morgan fingerprint density at radius 2 is 1.70 bits per heavy atom. The molecule has 0 bridgehead atoms. The highest BCUT2D eigenvalue weighted by molar-refractivity contribution is 5.93. The molecule has 2 amide bonds. The summed E-state index contributed by atoms with van der Waals surface area (Å²) >= 11 is 0. The molecular formula is C30H40FN3O3. The van der Waals surface area contributed by atoms with E-state index >= 15 is 0 Å². The fourth-order valence-electron chi connectivity index (χ4n) is 6.86. The van der Waals surface area contributed by atoms with Gasteiger partial charge in [-0.1, -0.05) is 30.4 Å². The number of nitrogens with one attached hydrogen (secondary N) is 1. The topological polar surface area (TPSA) is 72.9 Å². The van der Waals surface area contributed by atoms with E-state index < -0.39 is 5.54 Å². The van der Waals surface area contributed by atoms with Crippen LogP contribution in [0.3, 0.4) is 0 Å².